The molecule has 29 heavy (non-hydrogen) atoms. The lowest BCUT2D eigenvalue weighted by Crippen LogP contribution is -2.33. The molecule has 0 atom stereocenters. The van der Waals surface area contributed by atoms with Gasteiger partial charge < -0.3 is 15.1 Å². The van der Waals surface area contributed by atoms with Crippen molar-refractivity contribution in [1.29, 1.82) is 0 Å². The van der Waals surface area contributed by atoms with Crippen molar-refractivity contribution < 1.29 is 15.0 Å². The fraction of sp³-hybridized carbons (Fsp3) is 0.348. The summed E-state index contributed by atoms with van der Waals surface area (Å²) in [5.74, 6) is -0.268. The summed E-state index contributed by atoms with van der Waals surface area (Å²) in [6.07, 6.45) is 7.49. The fourth-order valence-corrected chi connectivity index (χ4v) is 4.10. The number of aliphatic hydroxyl groups is 1. The number of pyridine rings is 2. The molecule has 1 aliphatic heterocycles. The number of piperidine rings is 1. The van der Waals surface area contributed by atoms with Crippen molar-refractivity contribution in [2.24, 2.45) is 5.92 Å². The third-order valence-corrected chi connectivity index (χ3v) is 5.75. The maximum absolute atomic E-state index is 11.7. The Kier molecular flexibility index (Phi) is 5.71. The van der Waals surface area contributed by atoms with Crippen molar-refractivity contribution in [3.05, 3.63) is 54.4 Å². The average Bonchev–Trinajstić information content (AvgIpc) is 2.77. The number of nitrogens with zero attached hydrogens (tertiary/aromatic N) is 3. The second-order valence-corrected chi connectivity index (χ2v) is 7.60. The molecule has 3 heterocycles. The van der Waals surface area contributed by atoms with E-state index in [9.17, 15) is 9.90 Å². The molecule has 1 fully saturated rings. The molecule has 1 aliphatic rings. The van der Waals surface area contributed by atoms with E-state index in [4.69, 9.17) is 5.11 Å². The zero-order valence-corrected chi connectivity index (χ0v) is 16.3. The number of hydrogen-bond acceptors (Lipinski definition) is 5. The highest BCUT2D eigenvalue weighted by molar-refractivity contribution is 6.03. The maximum Gasteiger partial charge on any atom is 0.336 e. The van der Waals surface area contributed by atoms with E-state index in [0.29, 0.717) is 22.5 Å². The van der Waals surface area contributed by atoms with Gasteiger partial charge in [-0.25, -0.2) is 9.78 Å². The third-order valence-electron chi connectivity index (χ3n) is 5.75. The molecule has 0 unspecified atom stereocenters. The molecule has 1 saturated heterocycles. The van der Waals surface area contributed by atoms with Crippen molar-refractivity contribution in [2.75, 3.05) is 24.6 Å². The minimum absolute atomic E-state index is 0.215. The highest BCUT2D eigenvalue weighted by atomic mass is 16.4. The third kappa shape index (κ3) is 4.22. The van der Waals surface area contributed by atoms with Crippen LogP contribution in [0.3, 0.4) is 0 Å². The first-order chi connectivity index (χ1) is 14.2. The molecular weight excluding hydrogens is 366 g/mol. The lowest BCUT2D eigenvalue weighted by molar-refractivity contribution is 0.0699. The van der Waals surface area contributed by atoms with Crippen LogP contribution in [0.4, 0.5) is 5.69 Å². The highest BCUT2D eigenvalue weighted by Crippen LogP contribution is 2.29. The SMILES string of the molecule is O=C(O)c1cc(-c2ccc(N3CCC(CCCO)CC3)cc2)nc2ccncc12. The quantitative estimate of drug-likeness (QED) is 0.661. The molecule has 0 aliphatic carbocycles. The van der Waals surface area contributed by atoms with Crippen LogP contribution in [0.2, 0.25) is 0 Å². The summed E-state index contributed by atoms with van der Waals surface area (Å²) in [6.45, 7) is 2.34. The molecule has 2 aromatic heterocycles. The molecule has 0 bridgehead atoms. The molecule has 0 radical (unpaired) electrons. The van der Waals surface area contributed by atoms with Gasteiger partial charge in [0.05, 0.1) is 16.8 Å². The molecule has 0 saturated carbocycles. The molecule has 3 aromatic rings. The van der Waals surface area contributed by atoms with E-state index < -0.39 is 5.97 Å². The predicted molar refractivity (Wildman–Crippen MR) is 113 cm³/mol. The van der Waals surface area contributed by atoms with Crippen molar-refractivity contribution in [2.45, 2.75) is 25.7 Å². The molecule has 0 amide bonds. The normalized spacial score (nSPS) is 15.0. The first kappa shape index (κ1) is 19.3. The summed E-state index contributed by atoms with van der Waals surface area (Å²) in [4.78, 5) is 22.7. The molecule has 6 heteroatoms. The van der Waals surface area contributed by atoms with Crippen molar-refractivity contribution >= 4 is 22.6 Å². The molecule has 6 nitrogen and oxygen atoms in total. The summed E-state index contributed by atoms with van der Waals surface area (Å²) < 4.78 is 0. The number of fused-ring (bicyclic) bond motifs is 1. The largest absolute Gasteiger partial charge is 0.478 e. The van der Waals surface area contributed by atoms with E-state index in [-0.39, 0.29) is 12.2 Å². The van der Waals surface area contributed by atoms with Crippen LogP contribution in [0.25, 0.3) is 22.2 Å². The Morgan fingerprint density at radius 2 is 1.90 bits per heavy atom. The summed E-state index contributed by atoms with van der Waals surface area (Å²) in [7, 11) is 0. The van der Waals surface area contributed by atoms with Crippen molar-refractivity contribution in [3.8, 4) is 11.3 Å². The van der Waals surface area contributed by atoms with Gasteiger partial charge in [-0.1, -0.05) is 12.1 Å². The predicted octanol–water partition coefficient (Wildman–Crippen LogP) is 3.98. The summed E-state index contributed by atoms with van der Waals surface area (Å²) in [5.41, 5.74) is 3.57. The number of carboxylic acids is 1. The second-order valence-electron chi connectivity index (χ2n) is 7.60. The van der Waals surface area contributed by atoms with Gasteiger partial charge in [0.25, 0.3) is 0 Å². The van der Waals surface area contributed by atoms with Crippen molar-refractivity contribution in [1.82, 2.24) is 9.97 Å². The average molecular weight is 391 g/mol. The van der Waals surface area contributed by atoms with Crippen LogP contribution in [0.15, 0.2) is 48.8 Å². The Labute approximate surface area is 169 Å². The van der Waals surface area contributed by atoms with E-state index in [1.807, 2.05) is 12.1 Å². The zero-order valence-electron chi connectivity index (χ0n) is 16.3. The summed E-state index contributed by atoms with van der Waals surface area (Å²) in [5, 5.41) is 19.1. The van der Waals surface area contributed by atoms with Crippen LogP contribution >= 0.6 is 0 Å². The highest BCUT2D eigenvalue weighted by Gasteiger charge is 2.19. The fourth-order valence-electron chi connectivity index (χ4n) is 4.10. The Morgan fingerprint density at radius 1 is 1.14 bits per heavy atom. The molecule has 0 spiro atoms. The second kappa shape index (κ2) is 8.57. The number of benzene rings is 1. The van der Waals surface area contributed by atoms with Gasteiger partial charge in [0.1, 0.15) is 0 Å². The zero-order chi connectivity index (χ0) is 20.2. The number of carbonyl (C=O) groups is 1. The number of carboxylic acid groups (broad SMARTS) is 1. The van der Waals surface area contributed by atoms with Crippen LogP contribution in [-0.2, 0) is 0 Å². The molecule has 1 aromatic carbocycles. The standard InChI is InChI=1S/C23H25N3O3/c27-13-1-2-16-8-11-26(12-9-16)18-5-3-17(4-6-18)22-14-19(23(28)29)20-15-24-10-7-21(20)25-22/h3-7,10,14-16,27H,1-2,8-9,11-13H2,(H,28,29). The molecular formula is C23H25N3O3. The van der Waals surface area contributed by atoms with Gasteiger partial charge in [-0.15, -0.1) is 0 Å². The Morgan fingerprint density at radius 3 is 2.59 bits per heavy atom. The Bertz CT molecular complexity index is 996. The van der Waals surface area contributed by atoms with Gasteiger partial charge in [0.2, 0.25) is 0 Å². The van der Waals surface area contributed by atoms with Gasteiger partial charge in [-0.05, 0) is 55.9 Å². The van der Waals surface area contributed by atoms with Gasteiger partial charge in [-0.3, -0.25) is 4.98 Å². The van der Waals surface area contributed by atoms with Gasteiger partial charge >= 0.3 is 5.97 Å². The van der Waals surface area contributed by atoms with E-state index in [1.54, 1.807) is 24.5 Å². The van der Waals surface area contributed by atoms with Crippen LogP contribution in [0, 0.1) is 5.92 Å². The number of rotatable bonds is 6. The molecule has 2 N–H and O–H groups in total. The smallest absolute Gasteiger partial charge is 0.336 e. The Hall–Kier alpha value is -2.99. The van der Waals surface area contributed by atoms with Crippen LogP contribution in [-0.4, -0.2) is 45.8 Å². The molecule has 150 valence electrons. The van der Waals surface area contributed by atoms with Gasteiger partial charge in [0, 0.05) is 48.7 Å². The number of hydrogen-bond donors (Lipinski definition) is 2. The van der Waals surface area contributed by atoms with Crippen LogP contribution < -0.4 is 4.90 Å². The van der Waals surface area contributed by atoms with Gasteiger partial charge in [0.15, 0.2) is 0 Å². The first-order valence-electron chi connectivity index (χ1n) is 10.1. The van der Waals surface area contributed by atoms with Crippen LogP contribution in [0.1, 0.15) is 36.0 Å². The summed E-state index contributed by atoms with van der Waals surface area (Å²) in [6, 6.07) is 11.5. The number of aliphatic hydroxyl groups excluding tert-OH is 1. The topological polar surface area (TPSA) is 86.5 Å². The van der Waals surface area contributed by atoms with E-state index in [2.05, 4.69) is 27.0 Å². The number of aromatic nitrogens is 2. The minimum atomic E-state index is -0.979. The maximum atomic E-state index is 11.7. The monoisotopic (exact) mass is 391 g/mol. The lowest BCUT2D eigenvalue weighted by atomic mass is 9.92. The van der Waals surface area contributed by atoms with Crippen LogP contribution in [0.5, 0.6) is 0 Å². The number of anilines is 1. The summed E-state index contributed by atoms with van der Waals surface area (Å²) >= 11 is 0. The lowest BCUT2D eigenvalue weighted by Gasteiger charge is -2.33. The van der Waals surface area contributed by atoms with E-state index in [1.165, 1.54) is 5.69 Å². The van der Waals surface area contributed by atoms with Gasteiger partial charge in [-0.2, -0.15) is 0 Å². The van der Waals surface area contributed by atoms with Crippen molar-refractivity contribution in [3.63, 3.8) is 0 Å². The van der Waals surface area contributed by atoms with E-state index >= 15 is 0 Å². The minimum Gasteiger partial charge on any atom is -0.478 e. The first-order valence-corrected chi connectivity index (χ1v) is 10.1. The Balaban J connectivity index is 1.53. The van der Waals surface area contributed by atoms with E-state index in [0.717, 1.165) is 44.3 Å². The molecule has 4 rings (SSSR count). The number of aromatic carboxylic acids is 1.